The average molecular weight is 444 g/mol. The fourth-order valence-corrected chi connectivity index (χ4v) is 4.50. The van der Waals surface area contributed by atoms with Crippen molar-refractivity contribution in [1.29, 1.82) is 5.26 Å². The van der Waals surface area contributed by atoms with Crippen LogP contribution in [-0.2, 0) is 9.53 Å². The van der Waals surface area contributed by atoms with Gasteiger partial charge in [0.1, 0.15) is 23.5 Å². The highest BCUT2D eigenvalue weighted by Crippen LogP contribution is 2.32. The monoisotopic (exact) mass is 444 g/mol. The maximum absolute atomic E-state index is 12.7. The second kappa shape index (κ2) is 9.04. The van der Waals surface area contributed by atoms with Gasteiger partial charge in [-0.1, -0.05) is 0 Å². The third-order valence-electron chi connectivity index (χ3n) is 6.23. The lowest BCUT2D eigenvalue weighted by atomic mass is 10.0. The summed E-state index contributed by atoms with van der Waals surface area (Å²) in [7, 11) is 1.49. The van der Waals surface area contributed by atoms with E-state index in [1.807, 2.05) is 29.2 Å². The zero-order valence-electron chi connectivity index (χ0n) is 18.4. The van der Waals surface area contributed by atoms with Crippen molar-refractivity contribution in [2.45, 2.75) is 18.9 Å². The highest BCUT2D eigenvalue weighted by Gasteiger charge is 2.33. The standard InChI is InChI=1S/C25H24N4O4/c1-31-24-17(12-26)10-18(13-28-24)21-4-7-27-23-3-2-19(11-22(21)23)33-20-5-8-29(14-20)25(30)16-6-9-32-15-16/h2-4,7,10-11,13,16,20H,5-6,8-9,14-15H2,1H3/t16?,20-/m0/s1. The van der Waals surface area contributed by atoms with Crippen molar-refractivity contribution in [1.82, 2.24) is 14.9 Å². The summed E-state index contributed by atoms with van der Waals surface area (Å²) in [4.78, 5) is 23.3. The number of hydrogen-bond donors (Lipinski definition) is 0. The molecular formula is C25H24N4O4. The zero-order chi connectivity index (χ0) is 22.8. The quantitative estimate of drug-likeness (QED) is 0.596. The van der Waals surface area contributed by atoms with Gasteiger partial charge in [0, 0.05) is 42.9 Å². The summed E-state index contributed by atoms with van der Waals surface area (Å²) in [6.45, 7) is 2.47. The van der Waals surface area contributed by atoms with Gasteiger partial charge in [0.05, 0.1) is 31.7 Å². The second-order valence-corrected chi connectivity index (χ2v) is 8.30. The van der Waals surface area contributed by atoms with E-state index in [0.717, 1.165) is 40.6 Å². The molecule has 8 heteroatoms. The molecule has 2 saturated heterocycles. The van der Waals surface area contributed by atoms with Crippen molar-refractivity contribution in [2.75, 3.05) is 33.4 Å². The molecule has 2 fully saturated rings. The third-order valence-corrected chi connectivity index (χ3v) is 6.23. The van der Waals surface area contributed by atoms with Crippen molar-refractivity contribution < 1.29 is 19.0 Å². The van der Waals surface area contributed by atoms with Crippen LogP contribution in [0.25, 0.3) is 22.0 Å². The maximum atomic E-state index is 12.7. The number of methoxy groups -OCH3 is 1. The van der Waals surface area contributed by atoms with Gasteiger partial charge in [-0.15, -0.1) is 0 Å². The van der Waals surface area contributed by atoms with Crippen LogP contribution in [0.4, 0.5) is 0 Å². The van der Waals surface area contributed by atoms with Gasteiger partial charge in [-0.2, -0.15) is 5.26 Å². The Balaban J connectivity index is 1.38. The van der Waals surface area contributed by atoms with E-state index in [9.17, 15) is 10.1 Å². The van der Waals surface area contributed by atoms with E-state index >= 15 is 0 Å². The molecule has 5 rings (SSSR count). The number of hydrogen-bond acceptors (Lipinski definition) is 7. The summed E-state index contributed by atoms with van der Waals surface area (Å²) in [6.07, 6.45) is 4.97. The Hall–Kier alpha value is -3.70. The minimum absolute atomic E-state index is 0.0190. The first-order valence-electron chi connectivity index (χ1n) is 11.0. The zero-order valence-corrected chi connectivity index (χ0v) is 18.4. The number of nitrogens with zero attached hydrogens (tertiary/aromatic N) is 4. The smallest absolute Gasteiger partial charge is 0.231 e. The maximum Gasteiger partial charge on any atom is 0.231 e. The van der Waals surface area contributed by atoms with Gasteiger partial charge in [0.25, 0.3) is 0 Å². The fraction of sp³-hybridized carbons (Fsp3) is 0.360. The molecule has 0 saturated carbocycles. The van der Waals surface area contributed by atoms with E-state index in [1.54, 1.807) is 18.5 Å². The SMILES string of the molecule is COc1ncc(-c2ccnc3ccc(O[C@H]4CCN(C(=O)C5CCOC5)C4)cc23)cc1C#N. The average Bonchev–Trinajstić information content (AvgIpc) is 3.55. The number of pyridine rings is 2. The van der Waals surface area contributed by atoms with Crippen LogP contribution in [-0.4, -0.2) is 60.3 Å². The first kappa shape index (κ1) is 21.2. The molecule has 2 aliphatic rings. The van der Waals surface area contributed by atoms with Gasteiger partial charge < -0.3 is 19.1 Å². The number of likely N-dealkylation sites (tertiary alicyclic amines) is 1. The van der Waals surface area contributed by atoms with E-state index in [0.29, 0.717) is 37.7 Å². The van der Waals surface area contributed by atoms with E-state index in [2.05, 4.69) is 16.0 Å². The summed E-state index contributed by atoms with van der Waals surface area (Å²) in [5.74, 6) is 1.17. The molecule has 0 spiro atoms. The number of benzene rings is 1. The Morgan fingerprint density at radius 1 is 1.24 bits per heavy atom. The summed E-state index contributed by atoms with van der Waals surface area (Å²) in [6, 6.07) is 11.6. The van der Waals surface area contributed by atoms with Gasteiger partial charge in [0.2, 0.25) is 11.8 Å². The summed E-state index contributed by atoms with van der Waals surface area (Å²) < 4.78 is 16.8. The lowest BCUT2D eigenvalue weighted by molar-refractivity contribution is -0.134. The van der Waals surface area contributed by atoms with Crippen LogP contribution in [0.5, 0.6) is 11.6 Å². The molecular weight excluding hydrogens is 420 g/mol. The van der Waals surface area contributed by atoms with Crippen molar-refractivity contribution in [3.05, 3.63) is 48.3 Å². The Morgan fingerprint density at radius 3 is 2.94 bits per heavy atom. The predicted molar refractivity (Wildman–Crippen MR) is 121 cm³/mol. The normalized spacial score (nSPS) is 20.1. The highest BCUT2D eigenvalue weighted by molar-refractivity contribution is 5.95. The molecule has 3 aromatic rings. The number of nitriles is 1. The fourth-order valence-electron chi connectivity index (χ4n) is 4.50. The Bertz CT molecular complexity index is 1230. The first-order valence-corrected chi connectivity index (χ1v) is 11.0. The van der Waals surface area contributed by atoms with E-state index in [-0.39, 0.29) is 17.9 Å². The molecule has 2 aromatic heterocycles. The van der Waals surface area contributed by atoms with Crippen molar-refractivity contribution in [3.63, 3.8) is 0 Å². The molecule has 0 bridgehead atoms. The molecule has 1 aromatic carbocycles. The molecule has 2 aliphatic heterocycles. The molecule has 0 N–H and O–H groups in total. The van der Waals surface area contributed by atoms with E-state index in [4.69, 9.17) is 14.2 Å². The van der Waals surface area contributed by atoms with Gasteiger partial charge in [-0.05, 0) is 42.3 Å². The summed E-state index contributed by atoms with van der Waals surface area (Å²) in [5.41, 5.74) is 2.89. The number of amides is 1. The van der Waals surface area contributed by atoms with E-state index < -0.39 is 0 Å². The number of carbonyl (C=O) groups excluding carboxylic acids is 1. The number of rotatable bonds is 5. The Morgan fingerprint density at radius 2 is 2.15 bits per heavy atom. The Kier molecular flexibility index (Phi) is 5.80. The molecule has 8 nitrogen and oxygen atoms in total. The summed E-state index contributed by atoms with van der Waals surface area (Å²) >= 11 is 0. The van der Waals surface area contributed by atoms with Gasteiger partial charge in [-0.3, -0.25) is 9.78 Å². The van der Waals surface area contributed by atoms with Crippen LogP contribution in [0.3, 0.4) is 0 Å². The Labute approximate surface area is 191 Å². The van der Waals surface area contributed by atoms with Crippen LogP contribution in [0, 0.1) is 17.2 Å². The number of fused-ring (bicyclic) bond motifs is 1. The second-order valence-electron chi connectivity index (χ2n) is 8.30. The van der Waals surface area contributed by atoms with Crippen LogP contribution in [0.2, 0.25) is 0 Å². The third kappa shape index (κ3) is 4.20. The van der Waals surface area contributed by atoms with Gasteiger partial charge >= 0.3 is 0 Å². The van der Waals surface area contributed by atoms with Crippen LogP contribution < -0.4 is 9.47 Å². The lowest BCUT2D eigenvalue weighted by Gasteiger charge is -2.20. The number of aromatic nitrogens is 2. The molecule has 33 heavy (non-hydrogen) atoms. The predicted octanol–water partition coefficient (Wildman–Crippen LogP) is 3.19. The van der Waals surface area contributed by atoms with Crippen molar-refractivity contribution >= 4 is 16.8 Å². The van der Waals surface area contributed by atoms with E-state index in [1.165, 1.54) is 7.11 Å². The first-order chi connectivity index (χ1) is 16.2. The van der Waals surface area contributed by atoms with Crippen LogP contribution >= 0.6 is 0 Å². The molecule has 1 amide bonds. The molecule has 4 heterocycles. The molecule has 2 atom stereocenters. The summed E-state index contributed by atoms with van der Waals surface area (Å²) in [5, 5.41) is 10.3. The highest BCUT2D eigenvalue weighted by atomic mass is 16.5. The lowest BCUT2D eigenvalue weighted by Crippen LogP contribution is -2.36. The van der Waals surface area contributed by atoms with Gasteiger partial charge in [0.15, 0.2) is 0 Å². The minimum Gasteiger partial charge on any atom is -0.488 e. The molecule has 0 radical (unpaired) electrons. The van der Waals surface area contributed by atoms with Gasteiger partial charge in [-0.25, -0.2) is 4.98 Å². The van der Waals surface area contributed by atoms with Crippen molar-refractivity contribution in [2.24, 2.45) is 5.92 Å². The molecule has 168 valence electrons. The number of carbonyl (C=O) groups is 1. The molecule has 1 unspecified atom stereocenters. The largest absolute Gasteiger partial charge is 0.488 e. The minimum atomic E-state index is -0.0540. The van der Waals surface area contributed by atoms with Crippen LogP contribution in [0.1, 0.15) is 18.4 Å². The van der Waals surface area contributed by atoms with Crippen molar-refractivity contribution in [3.8, 4) is 28.8 Å². The molecule has 0 aliphatic carbocycles. The van der Waals surface area contributed by atoms with Crippen LogP contribution in [0.15, 0.2) is 42.7 Å². The number of ether oxygens (including phenoxy) is 3. The topological polar surface area (TPSA) is 97.6 Å².